The summed E-state index contributed by atoms with van der Waals surface area (Å²) in [6.07, 6.45) is 10.9. The third-order valence-electron chi connectivity index (χ3n) is 7.90. The molecular formula is C29H36N6O. The van der Waals surface area contributed by atoms with Crippen LogP contribution >= 0.6 is 0 Å². The van der Waals surface area contributed by atoms with Gasteiger partial charge in [-0.05, 0) is 69.9 Å². The Kier molecular flexibility index (Phi) is 6.59. The summed E-state index contributed by atoms with van der Waals surface area (Å²) in [6, 6.07) is 13.7. The Hall–Kier alpha value is -3.03. The molecule has 1 saturated carbocycles. The van der Waals surface area contributed by atoms with E-state index < -0.39 is 0 Å². The maximum atomic E-state index is 5.56. The van der Waals surface area contributed by atoms with Gasteiger partial charge in [0.15, 0.2) is 0 Å². The topological polar surface area (TPSA) is 61.0 Å². The summed E-state index contributed by atoms with van der Waals surface area (Å²) in [5, 5.41) is 5.10. The van der Waals surface area contributed by atoms with Crippen molar-refractivity contribution in [2.24, 2.45) is 0 Å². The lowest BCUT2D eigenvalue weighted by Crippen LogP contribution is -2.44. The van der Waals surface area contributed by atoms with Crippen molar-refractivity contribution in [2.75, 3.05) is 26.3 Å². The van der Waals surface area contributed by atoms with Crippen LogP contribution in [0.4, 0.5) is 0 Å². The molecular weight excluding hydrogens is 448 g/mol. The maximum absolute atomic E-state index is 5.56. The summed E-state index contributed by atoms with van der Waals surface area (Å²) in [7, 11) is 0. The molecule has 0 unspecified atom stereocenters. The molecule has 188 valence electrons. The number of hydrogen-bond donors (Lipinski definition) is 0. The van der Waals surface area contributed by atoms with E-state index in [1.54, 1.807) is 0 Å². The van der Waals surface area contributed by atoms with Crippen LogP contribution in [-0.4, -0.2) is 61.6 Å². The molecule has 0 bridgehead atoms. The van der Waals surface area contributed by atoms with Crippen LogP contribution < -0.4 is 0 Å². The molecule has 0 amide bonds. The Balaban J connectivity index is 1.25. The minimum absolute atomic E-state index is 0.329. The first-order valence-corrected chi connectivity index (χ1v) is 13.4. The van der Waals surface area contributed by atoms with E-state index in [4.69, 9.17) is 14.8 Å². The van der Waals surface area contributed by atoms with Crippen LogP contribution in [0.25, 0.3) is 22.3 Å². The lowest BCUT2D eigenvalue weighted by atomic mass is 9.83. The van der Waals surface area contributed by atoms with Crippen molar-refractivity contribution in [1.82, 2.24) is 29.2 Å². The summed E-state index contributed by atoms with van der Waals surface area (Å²) >= 11 is 0. The molecule has 0 spiro atoms. The number of rotatable bonds is 6. The van der Waals surface area contributed by atoms with Gasteiger partial charge in [0.25, 0.3) is 0 Å². The molecule has 0 atom stereocenters. The van der Waals surface area contributed by atoms with Crippen LogP contribution in [0.15, 0.2) is 55.0 Å². The van der Waals surface area contributed by atoms with E-state index in [-0.39, 0.29) is 0 Å². The second-order valence-corrected chi connectivity index (χ2v) is 10.5. The average Bonchev–Trinajstić information content (AvgIpc) is 3.55. The fraction of sp³-hybridized carbons (Fsp3) is 0.483. The number of pyridine rings is 2. The van der Waals surface area contributed by atoms with Gasteiger partial charge in [0.2, 0.25) is 0 Å². The van der Waals surface area contributed by atoms with Gasteiger partial charge in [-0.1, -0.05) is 6.07 Å². The zero-order valence-electron chi connectivity index (χ0n) is 21.4. The Labute approximate surface area is 213 Å². The van der Waals surface area contributed by atoms with E-state index in [2.05, 4.69) is 63.4 Å². The van der Waals surface area contributed by atoms with Gasteiger partial charge >= 0.3 is 0 Å². The average molecular weight is 485 g/mol. The van der Waals surface area contributed by atoms with Gasteiger partial charge in [-0.25, -0.2) is 0 Å². The molecule has 7 heteroatoms. The number of hydrogen-bond acceptors (Lipinski definition) is 5. The van der Waals surface area contributed by atoms with Gasteiger partial charge in [-0.15, -0.1) is 0 Å². The van der Waals surface area contributed by atoms with Gasteiger partial charge in [-0.3, -0.25) is 19.5 Å². The van der Waals surface area contributed by atoms with Gasteiger partial charge in [-0.2, -0.15) is 5.10 Å². The highest BCUT2D eigenvalue weighted by molar-refractivity contribution is 5.80. The van der Waals surface area contributed by atoms with Gasteiger partial charge in [0.05, 0.1) is 42.2 Å². The molecule has 1 aliphatic carbocycles. The van der Waals surface area contributed by atoms with E-state index in [1.807, 2.05) is 24.5 Å². The molecule has 1 aliphatic heterocycles. The zero-order valence-corrected chi connectivity index (χ0v) is 21.4. The van der Waals surface area contributed by atoms with Crippen LogP contribution in [0.1, 0.15) is 62.9 Å². The monoisotopic (exact) mass is 484 g/mol. The lowest BCUT2D eigenvalue weighted by Gasteiger charge is -2.39. The second kappa shape index (κ2) is 10.1. The Morgan fingerprint density at radius 3 is 2.58 bits per heavy atom. The second-order valence-electron chi connectivity index (χ2n) is 10.5. The van der Waals surface area contributed by atoms with E-state index in [1.165, 1.54) is 31.4 Å². The van der Waals surface area contributed by atoms with Crippen molar-refractivity contribution >= 4 is 11.0 Å². The standard InChI is InChI=1S/C29H36N6O/c1-21(2)35-28(22-6-8-25(9-7-22)33-13-15-36-16-14-33)18-27(32-35)23-17-29-26(31-19-23)10-12-34(29)20-24-5-3-4-11-30-24/h3-5,10-12,17-19,21-22,25H,6-9,13-16,20H2,1-2H3/t22-,25-. The lowest BCUT2D eigenvalue weighted by molar-refractivity contribution is 0.00709. The molecule has 0 N–H and O–H groups in total. The Bertz CT molecular complexity index is 1300. The first-order valence-electron chi connectivity index (χ1n) is 13.4. The predicted octanol–water partition coefficient (Wildman–Crippen LogP) is 5.28. The summed E-state index contributed by atoms with van der Waals surface area (Å²) in [4.78, 5) is 11.9. The number of aromatic nitrogens is 5. The largest absolute Gasteiger partial charge is 0.379 e. The molecule has 0 aromatic carbocycles. The molecule has 4 aromatic heterocycles. The quantitative estimate of drug-likeness (QED) is 0.373. The van der Waals surface area contributed by atoms with Crippen molar-refractivity contribution in [3.05, 3.63) is 66.4 Å². The number of nitrogens with zero attached hydrogens (tertiary/aromatic N) is 6. The smallest absolute Gasteiger partial charge is 0.0942 e. The third kappa shape index (κ3) is 4.70. The minimum Gasteiger partial charge on any atom is -0.379 e. The van der Waals surface area contributed by atoms with Crippen LogP contribution in [-0.2, 0) is 11.3 Å². The molecule has 6 rings (SSSR count). The molecule has 4 aromatic rings. The van der Waals surface area contributed by atoms with E-state index >= 15 is 0 Å². The normalized spacial score (nSPS) is 21.4. The number of ether oxygens (including phenoxy) is 1. The fourth-order valence-electron chi connectivity index (χ4n) is 5.96. The number of fused-ring (bicyclic) bond motifs is 1. The minimum atomic E-state index is 0.329. The SMILES string of the molecule is CC(C)n1nc(-c2cnc3ccn(Cc4ccccn4)c3c2)cc1[C@H]1CC[C@H](N2CCOCC2)CC1. The van der Waals surface area contributed by atoms with Crippen molar-refractivity contribution < 1.29 is 4.74 Å². The highest BCUT2D eigenvalue weighted by atomic mass is 16.5. The maximum Gasteiger partial charge on any atom is 0.0942 e. The van der Waals surface area contributed by atoms with E-state index in [0.29, 0.717) is 18.0 Å². The van der Waals surface area contributed by atoms with Crippen LogP contribution in [0.2, 0.25) is 0 Å². The predicted molar refractivity (Wildman–Crippen MR) is 142 cm³/mol. The Morgan fingerprint density at radius 2 is 1.83 bits per heavy atom. The van der Waals surface area contributed by atoms with E-state index in [9.17, 15) is 0 Å². The summed E-state index contributed by atoms with van der Waals surface area (Å²) in [6.45, 7) is 9.13. The Morgan fingerprint density at radius 1 is 1.00 bits per heavy atom. The van der Waals surface area contributed by atoms with Crippen molar-refractivity contribution in [1.29, 1.82) is 0 Å². The molecule has 7 nitrogen and oxygen atoms in total. The summed E-state index contributed by atoms with van der Waals surface area (Å²) in [5.41, 5.74) is 6.63. The van der Waals surface area contributed by atoms with Crippen LogP contribution in [0.3, 0.4) is 0 Å². The molecule has 2 aliphatic rings. The molecule has 2 fully saturated rings. The summed E-state index contributed by atoms with van der Waals surface area (Å²) < 4.78 is 10.0. The van der Waals surface area contributed by atoms with Gasteiger partial charge in [0.1, 0.15) is 0 Å². The zero-order chi connectivity index (χ0) is 24.5. The fourth-order valence-corrected chi connectivity index (χ4v) is 5.96. The number of morpholine rings is 1. The first-order chi connectivity index (χ1) is 17.7. The van der Waals surface area contributed by atoms with Crippen molar-refractivity contribution in [2.45, 2.75) is 64.1 Å². The summed E-state index contributed by atoms with van der Waals surface area (Å²) in [5.74, 6) is 0.565. The van der Waals surface area contributed by atoms with Crippen LogP contribution in [0, 0.1) is 0 Å². The van der Waals surface area contributed by atoms with Gasteiger partial charge < -0.3 is 9.30 Å². The highest BCUT2D eigenvalue weighted by Crippen LogP contribution is 2.37. The third-order valence-corrected chi connectivity index (χ3v) is 7.90. The van der Waals surface area contributed by atoms with Crippen LogP contribution in [0.5, 0.6) is 0 Å². The highest BCUT2D eigenvalue weighted by Gasteiger charge is 2.30. The molecule has 0 radical (unpaired) electrons. The molecule has 5 heterocycles. The molecule has 1 saturated heterocycles. The molecule has 36 heavy (non-hydrogen) atoms. The van der Waals surface area contributed by atoms with Crippen molar-refractivity contribution in [3.63, 3.8) is 0 Å². The van der Waals surface area contributed by atoms with Crippen molar-refractivity contribution in [3.8, 4) is 11.3 Å². The van der Waals surface area contributed by atoms with Gasteiger partial charge in [0, 0.05) is 60.9 Å². The van der Waals surface area contributed by atoms with E-state index in [0.717, 1.165) is 60.8 Å². The first kappa shape index (κ1) is 23.4.